The lowest BCUT2D eigenvalue weighted by molar-refractivity contribution is -0.135. The van der Waals surface area contributed by atoms with Gasteiger partial charge in [0.2, 0.25) is 5.91 Å². The molecule has 0 spiro atoms. The Bertz CT molecular complexity index is 1150. The first-order valence-electron chi connectivity index (χ1n) is 11.2. The van der Waals surface area contributed by atoms with Gasteiger partial charge in [-0.2, -0.15) is 0 Å². The number of para-hydroxylation sites is 1. The lowest BCUT2D eigenvalue weighted by Crippen LogP contribution is -2.48. The molecule has 0 saturated heterocycles. The van der Waals surface area contributed by atoms with Gasteiger partial charge in [-0.15, -0.1) is 11.3 Å². The van der Waals surface area contributed by atoms with Crippen LogP contribution >= 0.6 is 27.3 Å². The molecule has 0 radical (unpaired) electrons. The molecular formula is C26H25BrN2O3S. The van der Waals surface area contributed by atoms with Gasteiger partial charge in [0.25, 0.3) is 5.91 Å². The van der Waals surface area contributed by atoms with Crippen molar-refractivity contribution in [2.24, 2.45) is 0 Å². The molecule has 0 unspecified atom stereocenters. The minimum absolute atomic E-state index is 0.0243. The van der Waals surface area contributed by atoms with Gasteiger partial charge in [0, 0.05) is 27.5 Å². The molecule has 1 fully saturated rings. The molecule has 0 bridgehead atoms. The predicted octanol–water partition coefficient (Wildman–Crippen LogP) is 5.32. The molecule has 2 amide bonds. The van der Waals surface area contributed by atoms with Crippen molar-refractivity contribution < 1.29 is 14.3 Å². The highest BCUT2D eigenvalue weighted by molar-refractivity contribution is 9.10. The Balaban J connectivity index is 1.34. The van der Waals surface area contributed by atoms with Gasteiger partial charge in [0.1, 0.15) is 18.9 Å². The summed E-state index contributed by atoms with van der Waals surface area (Å²) in [7, 11) is 0. The third kappa shape index (κ3) is 4.99. The molecule has 2 heterocycles. The molecule has 3 aromatic rings. The molecule has 0 N–H and O–H groups in total. The lowest BCUT2D eigenvalue weighted by Gasteiger charge is -2.37. The Morgan fingerprint density at radius 2 is 1.91 bits per heavy atom. The number of halogens is 1. The Kier molecular flexibility index (Phi) is 6.51. The summed E-state index contributed by atoms with van der Waals surface area (Å²) >= 11 is 5.18. The number of rotatable bonds is 7. The van der Waals surface area contributed by atoms with Crippen LogP contribution < -0.4 is 4.74 Å². The van der Waals surface area contributed by atoms with Crippen molar-refractivity contribution in [3.63, 3.8) is 0 Å². The molecule has 5 nitrogen and oxygen atoms in total. The number of benzene rings is 2. The van der Waals surface area contributed by atoms with Crippen LogP contribution in [0.3, 0.4) is 0 Å². The van der Waals surface area contributed by atoms with Crippen molar-refractivity contribution >= 4 is 39.1 Å². The monoisotopic (exact) mass is 524 g/mol. The first-order valence-corrected chi connectivity index (χ1v) is 12.9. The maximum atomic E-state index is 13.6. The van der Waals surface area contributed by atoms with Gasteiger partial charge in [-0.05, 0) is 66.6 Å². The summed E-state index contributed by atoms with van der Waals surface area (Å²) in [6.07, 6.45) is 2.73. The quantitative estimate of drug-likeness (QED) is 0.420. The van der Waals surface area contributed by atoms with E-state index in [4.69, 9.17) is 4.74 Å². The molecule has 1 aliphatic heterocycles. The molecule has 1 aliphatic carbocycles. The number of nitrogens with zero attached hydrogens (tertiary/aromatic N) is 2. The zero-order valence-corrected chi connectivity index (χ0v) is 20.6. The van der Waals surface area contributed by atoms with Crippen molar-refractivity contribution in [3.05, 3.63) is 86.5 Å². The Morgan fingerprint density at radius 3 is 2.67 bits per heavy atom. The summed E-state index contributed by atoms with van der Waals surface area (Å²) in [5.41, 5.74) is 1.76. The molecule has 2 aliphatic rings. The lowest BCUT2D eigenvalue weighted by atomic mass is 10.0. The third-order valence-electron chi connectivity index (χ3n) is 6.19. The van der Waals surface area contributed by atoms with Crippen LogP contribution in [0.25, 0.3) is 0 Å². The van der Waals surface area contributed by atoms with Crippen LogP contribution in [-0.4, -0.2) is 47.4 Å². The second-order valence-electron chi connectivity index (χ2n) is 8.45. The maximum absolute atomic E-state index is 13.6. The van der Waals surface area contributed by atoms with E-state index in [0.29, 0.717) is 18.7 Å². The van der Waals surface area contributed by atoms with Crippen molar-refractivity contribution in [1.82, 2.24) is 9.80 Å². The highest BCUT2D eigenvalue weighted by atomic mass is 79.9. The Morgan fingerprint density at radius 1 is 1.09 bits per heavy atom. The van der Waals surface area contributed by atoms with E-state index in [1.54, 1.807) is 16.2 Å². The van der Waals surface area contributed by atoms with E-state index in [-0.39, 0.29) is 30.4 Å². The van der Waals surface area contributed by atoms with Gasteiger partial charge in [0.05, 0.1) is 6.04 Å². The van der Waals surface area contributed by atoms with Crippen LogP contribution in [0.1, 0.15) is 39.7 Å². The number of thiophene rings is 1. The largest absolute Gasteiger partial charge is 0.491 e. The van der Waals surface area contributed by atoms with Crippen molar-refractivity contribution in [3.8, 4) is 5.75 Å². The molecule has 170 valence electrons. The maximum Gasteiger partial charge on any atom is 0.254 e. The van der Waals surface area contributed by atoms with E-state index < -0.39 is 0 Å². The number of hydrogen-bond donors (Lipinski definition) is 0. The van der Waals surface area contributed by atoms with E-state index in [9.17, 15) is 9.59 Å². The molecule has 1 saturated carbocycles. The van der Waals surface area contributed by atoms with Gasteiger partial charge < -0.3 is 14.5 Å². The smallest absolute Gasteiger partial charge is 0.254 e. The average Bonchev–Trinajstić information content (AvgIpc) is 3.56. The number of amides is 2. The van der Waals surface area contributed by atoms with E-state index >= 15 is 0 Å². The van der Waals surface area contributed by atoms with Crippen LogP contribution in [0.15, 0.2) is 70.5 Å². The minimum Gasteiger partial charge on any atom is -0.491 e. The molecular weight excluding hydrogens is 500 g/mol. The Hall–Kier alpha value is -2.64. The normalized spacial score (nSPS) is 17.4. The van der Waals surface area contributed by atoms with Crippen molar-refractivity contribution in [2.45, 2.75) is 31.3 Å². The van der Waals surface area contributed by atoms with Crippen LogP contribution in [0.4, 0.5) is 0 Å². The van der Waals surface area contributed by atoms with Gasteiger partial charge in [-0.3, -0.25) is 9.59 Å². The predicted molar refractivity (Wildman–Crippen MR) is 133 cm³/mol. The molecule has 33 heavy (non-hydrogen) atoms. The van der Waals surface area contributed by atoms with E-state index in [1.165, 1.54) is 4.88 Å². The summed E-state index contributed by atoms with van der Waals surface area (Å²) in [5, 5.41) is 2.08. The third-order valence-corrected chi connectivity index (χ3v) is 7.68. The SMILES string of the molecule is O=C(c1cccc(Br)c1)N(CC(=O)N1CCc2sccc2[C@H]1COc1ccccc1)C1CC1. The van der Waals surface area contributed by atoms with E-state index in [1.807, 2.05) is 59.5 Å². The van der Waals surface area contributed by atoms with Gasteiger partial charge in [-0.1, -0.05) is 40.2 Å². The summed E-state index contributed by atoms with van der Waals surface area (Å²) in [5.74, 6) is 0.679. The van der Waals surface area contributed by atoms with Gasteiger partial charge in [0.15, 0.2) is 0 Å². The fourth-order valence-corrected chi connectivity index (χ4v) is 5.67. The number of ether oxygens (including phenoxy) is 1. The van der Waals surface area contributed by atoms with Crippen molar-refractivity contribution in [1.29, 1.82) is 0 Å². The standard InChI is InChI=1S/C26H25BrN2O3S/c27-19-6-4-5-18(15-19)26(31)29(20-9-10-20)16-25(30)28-13-11-24-22(12-14-33-24)23(28)17-32-21-7-2-1-3-8-21/h1-8,12,14-15,20,23H,9-11,13,16-17H2/t23-/m1/s1. The Labute approximate surface area is 206 Å². The van der Waals surface area contributed by atoms with Crippen LogP contribution in [0.5, 0.6) is 5.75 Å². The number of hydrogen-bond acceptors (Lipinski definition) is 4. The molecule has 1 atom stereocenters. The molecule has 1 aromatic heterocycles. The zero-order chi connectivity index (χ0) is 22.8. The topological polar surface area (TPSA) is 49.9 Å². The molecule has 7 heteroatoms. The second kappa shape index (κ2) is 9.69. The van der Waals surface area contributed by atoms with Gasteiger partial charge >= 0.3 is 0 Å². The van der Waals surface area contributed by atoms with Crippen molar-refractivity contribution in [2.75, 3.05) is 19.7 Å². The van der Waals surface area contributed by atoms with Gasteiger partial charge in [-0.25, -0.2) is 0 Å². The number of fused-ring (bicyclic) bond motifs is 1. The average molecular weight is 525 g/mol. The number of carbonyl (C=O) groups is 2. The molecule has 2 aromatic carbocycles. The second-order valence-corrected chi connectivity index (χ2v) is 10.4. The fourth-order valence-electron chi connectivity index (χ4n) is 4.34. The zero-order valence-electron chi connectivity index (χ0n) is 18.2. The summed E-state index contributed by atoms with van der Waals surface area (Å²) in [6.45, 7) is 1.12. The van der Waals surface area contributed by atoms with E-state index in [2.05, 4.69) is 27.4 Å². The summed E-state index contributed by atoms with van der Waals surface area (Å²) in [4.78, 5) is 31.8. The summed E-state index contributed by atoms with van der Waals surface area (Å²) in [6, 6.07) is 19.1. The first kappa shape index (κ1) is 22.2. The van der Waals surface area contributed by atoms with Crippen LogP contribution in [-0.2, 0) is 11.2 Å². The van der Waals surface area contributed by atoms with E-state index in [0.717, 1.165) is 35.0 Å². The highest BCUT2D eigenvalue weighted by Crippen LogP contribution is 2.35. The first-order chi connectivity index (χ1) is 16.1. The van der Waals surface area contributed by atoms with Crippen LogP contribution in [0, 0.1) is 0 Å². The number of carbonyl (C=O) groups excluding carboxylic acids is 2. The summed E-state index contributed by atoms with van der Waals surface area (Å²) < 4.78 is 6.93. The molecule has 5 rings (SSSR count). The highest BCUT2D eigenvalue weighted by Gasteiger charge is 2.38. The minimum atomic E-state index is -0.158. The fraction of sp³-hybridized carbons (Fsp3) is 0.308. The van der Waals surface area contributed by atoms with Crippen LogP contribution in [0.2, 0.25) is 0 Å².